The Morgan fingerprint density at radius 3 is 2.55 bits per heavy atom. The molecule has 0 radical (unpaired) electrons. The highest BCUT2D eigenvalue weighted by Crippen LogP contribution is 2.20. The zero-order chi connectivity index (χ0) is 14.7. The molecule has 1 aliphatic rings. The van der Waals surface area contributed by atoms with Crippen LogP contribution in [0.3, 0.4) is 0 Å². The van der Waals surface area contributed by atoms with Crippen LogP contribution in [-0.2, 0) is 0 Å². The molecule has 2 unspecified atom stereocenters. The summed E-state index contributed by atoms with van der Waals surface area (Å²) in [5.74, 6) is 0.811. The molecule has 1 aromatic carbocycles. The highest BCUT2D eigenvalue weighted by molar-refractivity contribution is 5.31. The van der Waals surface area contributed by atoms with Gasteiger partial charge in [0, 0.05) is 18.6 Å². The normalized spacial score (nSPS) is 21.6. The molecule has 2 nitrogen and oxygen atoms in total. The van der Waals surface area contributed by atoms with Gasteiger partial charge in [0.1, 0.15) is 0 Å². The van der Waals surface area contributed by atoms with E-state index in [0.717, 1.165) is 12.5 Å². The third-order valence-corrected chi connectivity index (χ3v) is 4.79. The monoisotopic (exact) mass is 274 g/mol. The fourth-order valence-electron chi connectivity index (χ4n) is 2.99. The van der Waals surface area contributed by atoms with Crippen molar-refractivity contribution in [2.24, 2.45) is 5.92 Å². The van der Waals surface area contributed by atoms with Gasteiger partial charge in [0.25, 0.3) is 0 Å². The fourth-order valence-corrected chi connectivity index (χ4v) is 2.99. The molecule has 112 valence electrons. The summed E-state index contributed by atoms with van der Waals surface area (Å²) in [7, 11) is 0. The average Bonchev–Trinajstić information content (AvgIpc) is 2.88. The lowest BCUT2D eigenvalue weighted by Gasteiger charge is -2.21. The van der Waals surface area contributed by atoms with E-state index in [-0.39, 0.29) is 0 Å². The zero-order valence-electron chi connectivity index (χ0n) is 13.7. The van der Waals surface area contributed by atoms with Gasteiger partial charge in [-0.1, -0.05) is 18.2 Å². The smallest absolute Gasteiger partial charge is 0.0292 e. The SMILES string of the molecule is Cc1ccc(C(C)NCC2CCN(C(C)C)C2)cc1C. The highest BCUT2D eigenvalue weighted by Gasteiger charge is 2.24. The summed E-state index contributed by atoms with van der Waals surface area (Å²) in [6.45, 7) is 14.9. The molecule has 1 aromatic rings. The first kappa shape index (κ1) is 15.5. The van der Waals surface area contributed by atoms with Crippen molar-refractivity contribution in [2.75, 3.05) is 19.6 Å². The second-order valence-corrected chi connectivity index (χ2v) is 6.72. The molecular formula is C18H30N2. The predicted molar refractivity (Wildman–Crippen MR) is 87.1 cm³/mol. The summed E-state index contributed by atoms with van der Waals surface area (Å²) in [5.41, 5.74) is 4.18. The van der Waals surface area contributed by atoms with Crippen LogP contribution in [0.4, 0.5) is 0 Å². The number of rotatable bonds is 5. The molecule has 0 spiro atoms. The molecule has 0 saturated carbocycles. The van der Waals surface area contributed by atoms with E-state index in [2.05, 4.69) is 63.0 Å². The van der Waals surface area contributed by atoms with Crippen molar-refractivity contribution in [3.8, 4) is 0 Å². The molecule has 0 bridgehead atoms. The van der Waals surface area contributed by atoms with Crippen molar-refractivity contribution in [3.63, 3.8) is 0 Å². The molecule has 1 heterocycles. The molecular weight excluding hydrogens is 244 g/mol. The molecule has 1 fully saturated rings. The second kappa shape index (κ2) is 6.73. The lowest BCUT2D eigenvalue weighted by atomic mass is 10.0. The summed E-state index contributed by atoms with van der Waals surface area (Å²) in [6.07, 6.45) is 1.34. The van der Waals surface area contributed by atoms with Gasteiger partial charge in [-0.05, 0) is 76.7 Å². The molecule has 0 amide bonds. The van der Waals surface area contributed by atoms with Crippen LogP contribution in [0.2, 0.25) is 0 Å². The quantitative estimate of drug-likeness (QED) is 0.881. The molecule has 0 aromatic heterocycles. The van der Waals surface area contributed by atoms with Crippen LogP contribution in [0.1, 0.15) is 49.9 Å². The van der Waals surface area contributed by atoms with E-state index in [1.54, 1.807) is 0 Å². The minimum Gasteiger partial charge on any atom is -0.310 e. The van der Waals surface area contributed by atoms with E-state index in [4.69, 9.17) is 0 Å². The third kappa shape index (κ3) is 3.83. The van der Waals surface area contributed by atoms with Gasteiger partial charge in [-0.15, -0.1) is 0 Å². The van der Waals surface area contributed by atoms with E-state index < -0.39 is 0 Å². The molecule has 1 N–H and O–H groups in total. The minimum atomic E-state index is 0.447. The van der Waals surface area contributed by atoms with Crippen molar-refractivity contribution in [1.82, 2.24) is 10.2 Å². The van der Waals surface area contributed by atoms with Gasteiger partial charge >= 0.3 is 0 Å². The summed E-state index contributed by atoms with van der Waals surface area (Å²) in [5, 5.41) is 3.72. The molecule has 2 rings (SSSR count). The average molecular weight is 274 g/mol. The van der Waals surface area contributed by atoms with Crippen LogP contribution < -0.4 is 5.32 Å². The third-order valence-electron chi connectivity index (χ3n) is 4.79. The zero-order valence-corrected chi connectivity index (χ0v) is 13.7. The van der Waals surface area contributed by atoms with Gasteiger partial charge in [-0.2, -0.15) is 0 Å². The molecule has 20 heavy (non-hydrogen) atoms. The second-order valence-electron chi connectivity index (χ2n) is 6.72. The molecule has 2 atom stereocenters. The number of nitrogens with one attached hydrogen (secondary N) is 1. The number of benzene rings is 1. The lowest BCUT2D eigenvalue weighted by molar-refractivity contribution is 0.263. The maximum absolute atomic E-state index is 3.72. The summed E-state index contributed by atoms with van der Waals surface area (Å²) in [4.78, 5) is 2.59. The molecule has 1 aliphatic heterocycles. The predicted octanol–water partition coefficient (Wildman–Crippen LogP) is 3.68. The largest absolute Gasteiger partial charge is 0.310 e. The number of hydrogen-bond donors (Lipinski definition) is 1. The summed E-state index contributed by atoms with van der Waals surface area (Å²) in [6, 6.07) is 7.95. The van der Waals surface area contributed by atoms with Gasteiger partial charge in [-0.3, -0.25) is 0 Å². The summed E-state index contributed by atoms with van der Waals surface area (Å²) >= 11 is 0. The molecule has 0 aliphatic carbocycles. The first-order valence-corrected chi connectivity index (χ1v) is 8.02. The van der Waals surface area contributed by atoms with Gasteiger partial charge < -0.3 is 10.2 Å². The van der Waals surface area contributed by atoms with Crippen molar-refractivity contribution in [1.29, 1.82) is 0 Å². The maximum Gasteiger partial charge on any atom is 0.0292 e. The van der Waals surface area contributed by atoms with Crippen LogP contribution in [-0.4, -0.2) is 30.6 Å². The summed E-state index contributed by atoms with van der Waals surface area (Å²) < 4.78 is 0. The molecule has 2 heteroatoms. The van der Waals surface area contributed by atoms with E-state index in [1.807, 2.05) is 0 Å². The number of nitrogens with zero attached hydrogens (tertiary/aromatic N) is 1. The van der Waals surface area contributed by atoms with Crippen LogP contribution >= 0.6 is 0 Å². The van der Waals surface area contributed by atoms with Gasteiger partial charge in [-0.25, -0.2) is 0 Å². The first-order chi connectivity index (χ1) is 9.47. The van der Waals surface area contributed by atoms with Crippen LogP contribution in [0.5, 0.6) is 0 Å². The van der Waals surface area contributed by atoms with E-state index in [1.165, 1.54) is 36.2 Å². The van der Waals surface area contributed by atoms with Gasteiger partial charge in [0.15, 0.2) is 0 Å². The number of hydrogen-bond acceptors (Lipinski definition) is 2. The Hall–Kier alpha value is -0.860. The minimum absolute atomic E-state index is 0.447. The lowest BCUT2D eigenvalue weighted by Crippen LogP contribution is -2.31. The topological polar surface area (TPSA) is 15.3 Å². The van der Waals surface area contributed by atoms with Crippen LogP contribution in [0.25, 0.3) is 0 Å². The Balaban J connectivity index is 1.83. The van der Waals surface area contributed by atoms with Crippen molar-refractivity contribution in [3.05, 3.63) is 34.9 Å². The Labute approximate surface area is 124 Å². The van der Waals surface area contributed by atoms with Crippen molar-refractivity contribution < 1.29 is 0 Å². The standard InChI is InChI=1S/C18H30N2/c1-13(2)20-9-8-17(12-20)11-19-16(5)18-7-6-14(3)15(4)10-18/h6-7,10,13,16-17,19H,8-9,11-12H2,1-5H3. The Kier molecular flexibility index (Phi) is 5.22. The molecule has 1 saturated heterocycles. The van der Waals surface area contributed by atoms with Crippen molar-refractivity contribution in [2.45, 2.75) is 53.1 Å². The van der Waals surface area contributed by atoms with Crippen LogP contribution in [0, 0.1) is 19.8 Å². The van der Waals surface area contributed by atoms with Crippen molar-refractivity contribution >= 4 is 0 Å². The van der Waals surface area contributed by atoms with E-state index >= 15 is 0 Å². The van der Waals surface area contributed by atoms with Gasteiger partial charge in [0.05, 0.1) is 0 Å². The van der Waals surface area contributed by atoms with Crippen LogP contribution in [0.15, 0.2) is 18.2 Å². The highest BCUT2D eigenvalue weighted by atomic mass is 15.2. The number of aryl methyl sites for hydroxylation is 2. The van der Waals surface area contributed by atoms with E-state index in [0.29, 0.717) is 12.1 Å². The maximum atomic E-state index is 3.72. The Morgan fingerprint density at radius 2 is 1.95 bits per heavy atom. The first-order valence-electron chi connectivity index (χ1n) is 8.02. The Morgan fingerprint density at radius 1 is 1.20 bits per heavy atom. The number of likely N-dealkylation sites (tertiary alicyclic amines) is 1. The Bertz CT molecular complexity index is 439. The van der Waals surface area contributed by atoms with E-state index in [9.17, 15) is 0 Å². The fraction of sp³-hybridized carbons (Fsp3) is 0.667. The van der Waals surface area contributed by atoms with Gasteiger partial charge in [0.2, 0.25) is 0 Å².